The second-order valence-corrected chi connectivity index (χ2v) is 8.10. The summed E-state index contributed by atoms with van der Waals surface area (Å²) in [5, 5.41) is 4.42. The highest BCUT2D eigenvalue weighted by atomic mass is 31.1. The van der Waals surface area contributed by atoms with Crippen LogP contribution < -0.4 is 10.1 Å². The Morgan fingerprint density at radius 3 is 2.65 bits per heavy atom. The Labute approximate surface area is 184 Å². The average molecular weight is 441 g/mol. The summed E-state index contributed by atoms with van der Waals surface area (Å²) < 4.78 is 21.2. The van der Waals surface area contributed by atoms with Crippen LogP contribution in [-0.2, 0) is 22.1 Å². The van der Waals surface area contributed by atoms with E-state index in [4.69, 9.17) is 9.63 Å². The zero-order valence-corrected chi connectivity index (χ0v) is 18.6. The summed E-state index contributed by atoms with van der Waals surface area (Å²) in [5.74, 6) is 0.822. The molecule has 31 heavy (non-hydrogen) atoms. The maximum atomic E-state index is 10.5. The Kier molecular flexibility index (Phi) is 9.87. The number of ether oxygens (including phenoxy) is 1. The molecule has 1 unspecified atom stereocenters. The molecule has 0 saturated carbocycles. The molecule has 3 aromatic rings. The van der Waals surface area contributed by atoms with Gasteiger partial charge in [-0.3, -0.25) is 4.98 Å². The monoisotopic (exact) mass is 441 g/mol. The first-order valence-electron chi connectivity index (χ1n) is 10.8. The van der Waals surface area contributed by atoms with Gasteiger partial charge in [0, 0.05) is 22.7 Å². The van der Waals surface area contributed by atoms with Gasteiger partial charge >= 0.3 is 8.25 Å². The van der Waals surface area contributed by atoms with Gasteiger partial charge in [-0.2, -0.15) is 0 Å². The van der Waals surface area contributed by atoms with Crippen LogP contribution in [0.5, 0.6) is 5.75 Å². The average Bonchev–Trinajstić information content (AvgIpc) is 2.79. The minimum absolute atomic E-state index is 0.263. The second kappa shape index (κ2) is 13.1. The predicted molar refractivity (Wildman–Crippen MR) is 123 cm³/mol. The van der Waals surface area contributed by atoms with Crippen molar-refractivity contribution in [1.29, 1.82) is 0 Å². The van der Waals surface area contributed by atoms with Gasteiger partial charge in [-0.05, 0) is 61.9 Å². The molecule has 0 spiro atoms. The van der Waals surface area contributed by atoms with Crippen LogP contribution in [0, 0.1) is 0 Å². The van der Waals surface area contributed by atoms with E-state index in [1.165, 1.54) is 5.56 Å². The lowest BCUT2D eigenvalue weighted by Gasteiger charge is -2.12. The molecule has 2 aromatic carbocycles. The SMILES string of the molecule is O=[P+](O)OCCCNCc1ccc(OCCCCCc2ccccc2)c2ncccc12. The van der Waals surface area contributed by atoms with Gasteiger partial charge in [0.1, 0.15) is 17.9 Å². The van der Waals surface area contributed by atoms with Crippen molar-refractivity contribution >= 4 is 19.2 Å². The molecular formula is C24H30N2O4P+. The Morgan fingerprint density at radius 2 is 1.81 bits per heavy atom. The van der Waals surface area contributed by atoms with E-state index in [0.29, 0.717) is 26.1 Å². The first kappa shape index (κ1) is 23.3. The molecule has 0 aliphatic carbocycles. The van der Waals surface area contributed by atoms with Gasteiger partial charge in [0.15, 0.2) is 0 Å². The number of nitrogens with one attached hydrogen (secondary N) is 1. The molecule has 0 aliphatic heterocycles. The summed E-state index contributed by atoms with van der Waals surface area (Å²) in [6.45, 7) is 2.34. The first-order chi connectivity index (χ1) is 15.2. The Morgan fingerprint density at radius 1 is 0.935 bits per heavy atom. The molecule has 7 heteroatoms. The van der Waals surface area contributed by atoms with E-state index in [2.05, 4.69) is 57.3 Å². The maximum Gasteiger partial charge on any atom is 0.694 e. The normalized spacial score (nSPS) is 11.6. The Hall–Kier alpha value is -2.37. The fourth-order valence-electron chi connectivity index (χ4n) is 3.47. The van der Waals surface area contributed by atoms with Crippen molar-refractivity contribution in [3.63, 3.8) is 0 Å². The highest BCUT2D eigenvalue weighted by Gasteiger charge is 2.11. The molecule has 3 rings (SSSR count). The lowest BCUT2D eigenvalue weighted by Crippen LogP contribution is -2.16. The van der Waals surface area contributed by atoms with Crippen LogP contribution in [0.25, 0.3) is 10.9 Å². The van der Waals surface area contributed by atoms with Crippen LogP contribution in [0.15, 0.2) is 60.8 Å². The van der Waals surface area contributed by atoms with Crippen LogP contribution in [0.2, 0.25) is 0 Å². The van der Waals surface area contributed by atoms with E-state index in [-0.39, 0.29) is 6.61 Å². The quantitative estimate of drug-likeness (QED) is 0.265. The lowest BCUT2D eigenvalue weighted by atomic mass is 10.1. The van der Waals surface area contributed by atoms with E-state index in [9.17, 15) is 4.57 Å². The number of hydrogen-bond acceptors (Lipinski definition) is 5. The number of aromatic nitrogens is 1. The summed E-state index contributed by atoms with van der Waals surface area (Å²) in [7, 11) is -2.51. The first-order valence-corrected chi connectivity index (χ1v) is 11.9. The number of pyridine rings is 1. The molecule has 6 nitrogen and oxygen atoms in total. The second-order valence-electron chi connectivity index (χ2n) is 7.37. The van der Waals surface area contributed by atoms with Crippen molar-refractivity contribution in [2.24, 2.45) is 0 Å². The van der Waals surface area contributed by atoms with Crippen LogP contribution in [0.4, 0.5) is 0 Å². The van der Waals surface area contributed by atoms with Gasteiger partial charge in [-0.25, -0.2) is 0 Å². The smallest absolute Gasteiger partial charge is 0.491 e. The van der Waals surface area contributed by atoms with Crippen LogP contribution in [0.1, 0.15) is 36.8 Å². The number of rotatable bonds is 14. The van der Waals surface area contributed by atoms with E-state index < -0.39 is 8.25 Å². The fraction of sp³-hybridized carbons (Fsp3) is 0.375. The van der Waals surface area contributed by atoms with E-state index in [1.807, 2.05) is 12.1 Å². The van der Waals surface area contributed by atoms with Crippen molar-refractivity contribution in [2.75, 3.05) is 19.8 Å². The maximum absolute atomic E-state index is 10.5. The molecule has 0 radical (unpaired) electrons. The van der Waals surface area contributed by atoms with Crippen molar-refractivity contribution < 1.29 is 18.7 Å². The lowest BCUT2D eigenvalue weighted by molar-refractivity contribution is 0.276. The zero-order chi connectivity index (χ0) is 21.7. The number of fused-ring (bicyclic) bond motifs is 1. The number of unbranched alkanes of at least 4 members (excludes halogenated alkanes) is 2. The highest BCUT2D eigenvalue weighted by Crippen LogP contribution is 2.27. The van der Waals surface area contributed by atoms with E-state index >= 15 is 0 Å². The third-order valence-corrected chi connectivity index (χ3v) is 5.45. The summed E-state index contributed by atoms with van der Waals surface area (Å²) in [4.78, 5) is 13.2. The van der Waals surface area contributed by atoms with E-state index in [1.54, 1.807) is 6.20 Å². The molecular weight excluding hydrogens is 411 g/mol. The summed E-state index contributed by atoms with van der Waals surface area (Å²) in [6, 6.07) is 18.6. The molecule has 164 valence electrons. The van der Waals surface area contributed by atoms with Crippen LogP contribution in [-0.4, -0.2) is 29.6 Å². The number of hydrogen-bond donors (Lipinski definition) is 2. The van der Waals surface area contributed by atoms with Gasteiger partial charge in [0.25, 0.3) is 0 Å². The summed E-state index contributed by atoms with van der Waals surface area (Å²) in [5.41, 5.74) is 3.42. The minimum atomic E-state index is -2.51. The standard InChI is InChI=1S/C24H29N2O4P/c27-31(28)30-18-8-15-25-19-21-13-14-23(24-22(21)12-7-16-26-24)29-17-6-2-5-11-20-9-3-1-4-10-20/h1,3-4,7,9-10,12-14,16,25H,2,5-6,8,11,15,17-19H2/p+1. The number of benzene rings is 2. The van der Waals surface area contributed by atoms with Gasteiger partial charge in [0.2, 0.25) is 0 Å². The van der Waals surface area contributed by atoms with Crippen LogP contribution in [0.3, 0.4) is 0 Å². The van der Waals surface area contributed by atoms with Crippen molar-refractivity contribution in [3.8, 4) is 5.75 Å². The molecule has 1 heterocycles. The Bertz CT molecular complexity index is 953. The molecule has 0 aliphatic rings. The minimum Gasteiger partial charge on any atom is -0.491 e. The Balaban J connectivity index is 1.44. The predicted octanol–water partition coefficient (Wildman–Crippen LogP) is 5.17. The van der Waals surface area contributed by atoms with Gasteiger partial charge < -0.3 is 10.1 Å². The molecule has 1 aromatic heterocycles. The molecule has 0 bridgehead atoms. The number of aryl methyl sites for hydroxylation is 1. The molecule has 0 saturated heterocycles. The van der Waals surface area contributed by atoms with Crippen LogP contribution >= 0.6 is 8.25 Å². The van der Waals surface area contributed by atoms with E-state index in [0.717, 1.165) is 47.9 Å². The summed E-state index contributed by atoms with van der Waals surface area (Å²) >= 11 is 0. The van der Waals surface area contributed by atoms with Gasteiger partial charge in [-0.15, -0.1) is 9.42 Å². The number of nitrogens with zero attached hydrogens (tertiary/aromatic N) is 1. The molecule has 0 amide bonds. The highest BCUT2D eigenvalue weighted by molar-refractivity contribution is 7.32. The van der Waals surface area contributed by atoms with Crippen molar-refractivity contribution in [1.82, 2.24) is 10.3 Å². The van der Waals surface area contributed by atoms with Gasteiger partial charge in [-0.1, -0.05) is 42.5 Å². The topological polar surface area (TPSA) is 80.7 Å². The van der Waals surface area contributed by atoms with Crippen molar-refractivity contribution in [3.05, 3.63) is 71.9 Å². The third-order valence-electron chi connectivity index (χ3n) is 5.05. The molecule has 2 N–H and O–H groups in total. The fourth-order valence-corrected chi connectivity index (χ4v) is 3.76. The van der Waals surface area contributed by atoms with Crippen molar-refractivity contribution in [2.45, 2.75) is 38.6 Å². The largest absolute Gasteiger partial charge is 0.694 e. The summed E-state index contributed by atoms with van der Waals surface area (Å²) in [6.07, 6.45) is 6.89. The van der Waals surface area contributed by atoms with Gasteiger partial charge in [0.05, 0.1) is 6.61 Å². The molecule has 0 fully saturated rings. The third kappa shape index (κ3) is 8.00. The zero-order valence-electron chi connectivity index (χ0n) is 17.7. The molecule has 1 atom stereocenters.